The zero-order valence-electron chi connectivity index (χ0n) is 11.7. The summed E-state index contributed by atoms with van der Waals surface area (Å²) in [7, 11) is 0. The number of nitrogens with two attached hydrogens (primary N) is 1. The third kappa shape index (κ3) is 4.71. The Morgan fingerprint density at radius 3 is 2.61 bits per heavy atom. The van der Waals surface area contributed by atoms with E-state index in [9.17, 15) is 0 Å². The van der Waals surface area contributed by atoms with Crippen LogP contribution in [-0.4, -0.2) is 19.6 Å². The molecule has 2 nitrogen and oxygen atoms in total. The zero-order valence-corrected chi connectivity index (χ0v) is 13.3. The molecule has 0 bridgehead atoms. The van der Waals surface area contributed by atoms with Gasteiger partial charge in [-0.05, 0) is 37.1 Å². The molecule has 3 heteroatoms. The molecular formula is C15H25BrN2. The Balaban J connectivity index is 2.48. The fourth-order valence-corrected chi connectivity index (χ4v) is 2.79. The number of benzene rings is 1. The van der Waals surface area contributed by atoms with Crippen molar-refractivity contribution in [3.05, 3.63) is 34.3 Å². The first kappa shape index (κ1) is 15.7. The molecule has 0 heterocycles. The predicted octanol–water partition coefficient (Wildman–Crippen LogP) is 3.30. The van der Waals surface area contributed by atoms with Crippen LogP contribution in [0.1, 0.15) is 32.8 Å². The van der Waals surface area contributed by atoms with E-state index in [0.717, 1.165) is 26.1 Å². The van der Waals surface area contributed by atoms with Crippen LogP contribution in [0.2, 0.25) is 0 Å². The maximum absolute atomic E-state index is 5.62. The van der Waals surface area contributed by atoms with Crippen LogP contribution in [0.5, 0.6) is 0 Å². The van der Waals surface area contributed by atoms with Crippen molar-refractivity contribution in [2.45, 2.75) is 32.6 Å². The molecule has 0 spiro atoms. The molecular weight excluding hydrogens is 288 g/mol. The van der Waals surface area contributed by atoms with Crippen LogP contribution in [0.4, 0.5) is 0 Å². The fraction of sp³-hybridized carbons (Fsp3) is 0.600. The van der Waals surface area contributed by atoms with Gasteiger partial charge in [0.1, 0.15) is 0 Å². The molecule has 1 aromatic rings. The lowest BCUT2D eigenvalue weighted by atomic mass is 9.84. The van der Waals surface area contributed by atoms with Gasteiger partial charge in [0.15, 0.2) is 0 Å². The lowest BCUT2D eigenvalue weighted by Gasteiger charge is -2.27. The van der Waals surface area contributed by atoms with Crippen molar-refractivity contribution in [3.8, 4) is 0 Å². The van der Waals surface area contributed by atoms with Crippen LogP contribution < -0.4 is 11.1 Å². The van der Waals surface area contributed by atoms with E-state index < -0.39 is 0 Å². The van der Waals surface area contributed by atoms with Gasteiger partial charge < -0.3 is 11.1 Å². The molecule has 1 unspecified atom stereocenters. The molecule has 0 aromatic heterocycles. The Labute approximate surface area is 119 Å². The number of halogens is 1. The summed E-state index contributed by atoms with van der Waals surface area (Å²) in [5, 5.41) is 3.54. The van der Waals surface area contributed by atoms with Gasteiger partial charge in [0, 0.05) is 16.4 Å². The molecule has 0 aliphatic carbocycles. The standard InChI is InChI=1S/C15H25BrN2/c1-12(10-17)8-9-18-11-15(2,3)13-6-4-5-7-14(13)16/h4-7,12,18H,8-11,17H2,1-3H3. The van der Waals surface area contributed by atoms with Crippen LogP contribution >= 0.6 is 15.9 Å². The van der Waals surface area contributed by atoms with Gasteiger partial charge in [-0.15, -0.1) is 0 Å². The Morgan fingerprint density at radius 2 is 2.00 bits per heavy atom. The van der Waals surface area contributed by atoms with Crippen molar-refractivity contribution in [1.29, 1.82) is 0 Å². The molecule has 1 atom stereocenters. The molecule has 0 amide bonds. The zero-order chi connectivity index (χ0) is 13.6. The molecule has 0 saturated heterocycles. The Kier molecular flexibility index (Phi) is 6.33. The van der Waals surface area contributed by atoms with E-state index in [1.54, 1.807) is 0 Å². The van der Waals surface area contributed by atoms with Crippen LogP contribution in [-0.2, 0) is 5.41 Å². The van der Waals surface area contributed by atoms with Crippen LogP contribution in [0, 0.1) is 5.92 Å². The molecule has 0 radical (unpaired) electrons. The SMILES string of the molecule is CC(CN)CCNCC(C)(C)c1ccccc1Br. The molecule has 1 aromatic carbocycles. The minimum atomic E-state index is 0.131. The Hall–Kier alpha value is -0.380. The molecule has 0 fully saturated rings. The summed E-state index contributed by atoms with van der Waals surface area (Å²) in [4.78, 5) is 0. The number of hydrogen-bond acceptors (Lipinski definition) is 2. The predicted molar refractivity (Wildman–Crippen MR) is 82.9 cm³/mol. The number of hydrogen-bond donors (Lipinski definition) is 2. The number of rotatable bonds is 7. The van der Waals surface area contributed by atoms with Crippen LogP contribution in [0.3, 0.4) is 0 Å². The van der Waals surface area contributed by atoms with Gasteiger partial charge in [0.05, 0.1) is 0 Å². The average molecular weight is 313 g/mol. The van der Waals surface area contributed by atoms with Gasteiger partial charge in [-0.25, -0.2) is 0 Å². The van der Waals surface area contributed by atoms with Gasteiger partial charge in [0.25, 0.3) is 0 Å². The molecule has 0 saturated carbocycles. The highest BCUT2D eigenvalue weighted by atomic mass is 79.9. The summed E-state index contributed by atoms with van der Waals surface area (Å²) < 4.78 is 1.19. The maximum atomic E-state index is 5.62. The first-order valence-corrected chi connectivity index (χ1v) is 7.42. The summed E-state index contributed by atoms with van der Waals surface area (Å²) in [5.41, 5.74) is 7.10. The molecule has 0 aliphatic rings. The van der Waals surface area contributed by atoms with Crippen molar-refractivity contribution >= 4 is 15.9 Å². The van der Waals surface area contributed by atoms with Crippen LogP contribution in [0.25, 0.3) is 0 Å². The van der Waals surface area contributed by atoms with Crippen molar-refractivity contribution in [3.63, 3.8) is 0 Å². The summed E-state index contributed by atoms with van der Waals surface area (Å²) in [6, 6.07) is 8.44. The van der Waals surface area contributed by atoms with E-state index in [-0.39, 0.29) is 5.41 Å². The monoisotopic (exact) mass is 312 g/mol. The first-order valence-electron chi connectivity index (χ1n) is 6.63. The molecule has 3 N–H and O–H groups in total. The summed E-state index contributed by atoms with van der Waals surface area (Å²) >= 11 is 3.63. The van der Waals surface area contributed by atoms with E-state index in [1.165, 1.54) is 10.0 Å². The molecule has 102 valence electrons. The maximum Gasteiger partial charge on any atom is 0.0213 e. The smallest absolute Gasteiger partial charge is 0.0213 e. The second-order valence-corrected chi connectivity index (χ2v) is 6.52. The van der Waals surface area contributed by atoms with Gasteiger partial charge in [-0.3, -0.25) is 0 Å². The second kappa shape index (κ2) is 7.27. The van der Waals surface area contributed by atoms with E-state index in [1.807, 2.05) is 0 Å². The molecule has 0 aliphatic heterocycles. The van der Waals surface area contributed by atoms with Gasteiger partial charge in [-0.1, -0.05) is 54.9 Å². The number of nitrogens with one attached hydrogen (secondary N) is 1. The quantitative estimate of drug-likeness (QED) is 0.758. The van der Waals surface area contributed by atoms with Gasteiger partial charge in [-0.2, -0.15) is 0 Å². The van der Waals surface area contributed by atoms with Crippen molar-refractivity contribution < 1.29 is 0 Å². The fourth-order valence-electron chi connectivity index (χ4n) is 1.97. The van der Waals surface area contributed by atoms with E-state index in [2.05, 4.69) is 66.3 Å². The first-order chi connectivity index (χ1) is 8.47. The normalized spacial score (nSPS) is 13.6. The van der Waals surface area contributed by atoms with E-state index in [0.29, 0.717) is 5.92 Å². The topological polar surface area (TPSA) is 38.0 Å². The Morgan fingerprint density at radius 1 is 1.33 bits per heavy atom. The largest absolute Gasteiger partial charge is 0.330 e. The minimum absolute atomic E-state index is 0.131. The minimum Gasteiger partial charge on any atom is -0.330 e. The molecule has 18 heavy (non-hydrogen) atoms. The van der Waals surface area contributed by atoms with Crippen molar-refractivity contribution in [2.75, 3.05) is 19.6 Å². The summed E-state index contributed by atoms with van der Waals surface area (Å²) in [6.07, 6.45) is 1.14. The average Bonchev–Trinajstić information content (AvgIpc) is 2.34. The van der Waals surface area contributed by atoms with Gasteiger partial charge >= 0.3 is 0 Å². The lowest BCUT2D eigenvalue weighted by Crippen LogP contribution is -2.34. The highest BCUT2D eigenvalue weighted by Gasteiger charge is 2.22. The highest BCUT2D eigenvalue weighted by Crippen LogP contribution is 2.29. The van der Waals surface area contributed by atoms with Crippen LogP contribution in [0.15, 0.2) is 28.7 Å². The molecule has 1 rings (SSSR count). The third-order valence-electron chi connectivity index (χ3n) is 3.39. The van der Waals surface area contributed by atoms with E-state index in [4.69, 9.17) is 5.73 Å². The van der Waals surface area contributed by atoms with E-state index >= 15 is 0 Å². The highest BCUT2D eigenvalue weighted by molar-refractivity contribution is 9.10. The van der Waals surface area contributed by atoms with Crippen molar-refractivity contribution in [2.24, 2.45) is 11.7 Å². The Bertz CT molecular complexity index is 363. The summed E-state index contributed by atoms with van der Waals surface area (Å²) in [5.74, 6) is 0.601. The second-order valence-electron chi connectivity index (χ2n) is 5.67. The van der Waals surface area contributed by atoms with Crippen molar-refractivity contribution in [1.82, 2.24) is 5.32 Å². The third-order valence-corrected chi connectivity index (χ3v) is 4.08. The van der Waals surface area contributed by atoms with Gasteiger partial charge in [0.2, 0.25) is 0 Å². The lowest BCUT2D eigenvalue weighted by molar-refractivity contribution is 0.440. The summed E-state index contributed by atoms with van der Waals surface area (Å²) in [6.45, 7) is 9.52.